The topological polar surface area (TPSA) is 45.7 Å². The fourth-order valence-electron chi connectivity index (χ4n) is 3.02. The SMILES string of the molecule is C[C@H]1CN(C(=O)OC(C)(C)C)CCCN1Sc1ccc2cnccc2c1. The number of benzene rings is 1. The van der Waals surface area contributed by atoms with Crippen LogP contribution in [0, 0.1) is 0 Å². The minimum Gasteiger partial charge on any atom is -0.444 e. The first-order valence-corrected chi connectivity index (χ1v) is 9.85. The largest absolute Gasteiger partial charge is 0.444 e. The minimum absolute atomic E-state index is 0.214. The van der Waals surface area contributed by atoms with Gasteiger partial charge in [0, 0.05) is 48.4 Å². The molecule has 3 rings (SSSR count). The molecule has 0 N–H and O–H groups in total. The zero-order valence-electron chi connectivity index (χ0n) is 15.9. The zero-order valence-corrected chi connectivity index (χ0v) is 16.8. The van der Waals surface area contributed by atoms with Crippen molar-refractivity contribution >= 4 is 28.8 Å². The van der Waals surface area contributed by atoms with Crippen molar-refractivity contribution in [3.63, 3.8) is 0 Å². The third kappa shape index (κ3) is 4.89. The van der Waals surface area contributed by atoms with E-state index in [0.29, 0.717) is 6.54 Å². The lowest BCUT2D eigenvalue weighted by molar-refractivity contribution is 0.0245. The molecule has 1 aliphatic heterocycles. The summed E-state index contributed by atoms with van der Waals surface area (Å²) in [5.41, 5.74) is -0.457. The van der Waals surface area contributed by atoms with Gasteiger partial charge < -0.3 is 9.64 Å². The lowest BCUT2D eigenvalue weighted by atomic mass is 10.2. The molecule has 2 heterocycles. The van der Waals surface area contributed by atoms with E-state index in [1.165, 1.54) is 10.3 Å². The van der Waals surface area contributed by atoms with Gasteiger partial charge in [0.15, 0.2) is 0 Å². The molecular formula is C20H27N3O2S. The number of carbonyl (C=O) groups excluding carboxylic acids is 1. The highest BCUT2D eigenvalue weighted by Gasteiger charge is 2.28. The lowest BCUT2D eigenvalue weighted by Crippen LogP contribution is -2.41. The summed E-state index contributed by atoms with van der Waals surface area (Å²) in [6, 6.07) is 8.74. The quantitative estimate of drug-likeness (QED) is 0.722. The van der Waals surface area contributed by atoms with Gasteiger partial charge in [0.2, 0.25) is 0 Å². The first-order valence-electron chi connectivity index (χ1n) is 9.08. The molecule has 1 aromatic carbocycles. The van der Waals surface area contributed by atoms with Crippen molar-refractivity contribution in [2.45, 2.75) is 50.7 Å². The molecule has 26 heavy (non-hydrogen) atoms. The number of fused-ring (bicyclic) bond motifs is 1. The van der Waals surface area contributed by atoms with Crippen LogP contribution in [0.5, 0.6) is 0 Å². The number of ether oxygens (including phenoxy) is 1. The van der Waals surface area contributed by atoms with Gasteiger partial charge in [-0.25, -0.2) is 9.10 Å². The standard InChI is InChI=1S/C20H27N3O2S/c1-15-14-22(19(24)25-20(2,3)4)10-5-11-23(15)26-18-7-6-17-13-21-9-8-16(17)12-18/h6-9,12-13,15H,5,10-11,14H2,1-4H3/t15-/m0/s1. The summed E-state index contributed by atoms with van der Waals surface area (Å²) in [5, 5.41) is 2.35. The Labute approximate surface area is 159 Å². The van der Waals surface area contributed by atoms with Crippen molar-refractivity contribution in [2.75, 3.05) is 19.6 Å². The van der Waals surface area contributed by atoms with Crippen LogP contribution in [0.15, 0.2) is 41.6 Å². The Balaban J connectivity index is 1.66. The molecule has 0 saturated carbocycles. The molecule has 1 fully saturated rings. The second-order valence-corrected chi connectivity index (χ2v) is 8.87. The molecule has 1 atom stereocenters. The first-order chi connectivity index (χ1) is 12.3. The van der Waals surface area contributed by atoms with Gasteiger partial charge in [-0.1, -0.05) is 6.07 Å². The molecule has 5 nitrogen and oxygen atoms in total. The number of hydrogen-bond donors (Lipinski definition) is 0. The summed E-state index contributed by atoms with van der Waals surface area (Å²) in [4.78, 5) is 19.6. The fraction of sp³-hybridized carbons (Fsp3) is 0.500. The van der Waals surface area contributed by atoms with Crippen LogP contribution < -0.4 is 0 Å². The van der Waals surface area contributed by atoms with E-state index in [4.69, 9.17) is 4.74 Å². The molecule has 2 aromatic rings. The van der Waals surface area contributed by atoms with Gasteiger partial charge in [0.1, 0.15) is 5.60 Å². The highest BCUT2D eigenvalue weighted by Crippen LogP contribution is 2.29. The average Bonchev–Trinajstić information content (AvgIpc) is 2.75. The van der Waals surface area contributed by atoms with Gasteiger partial charge in [-0.15, -0.1) is 0 Å². The first kappa shape index (κ1) is 19.0. The van der Waals surface area contributed by atoms with Crippen LogP contribution in [0.1, 0.15) is 34.1 Å². The van der Waals surface area contributed by atoms with Gasteiger partial charge in [0.05, 0.1) is 0 Å². The molecule has 1 aliphatic rings. The summed E-state index contributed by atoms with van der Waals surface area (Å²) < 4.78 is 7.91. The van der Waals surface area contributed by atoms with Crippen molar-refractivity contribution in [3.8, 4) is 0 Å². The number of hydrogen-bond acceptors (Lipinski definition) is 5. The van der Waals surface area contributed by atoms with Crippen LogP contribution in [-0.4, -0.2) is 51.6 Å². The molecule has 1 saturated heterocycles. The Morgan fingerprint density at radius 1 is 1.23 bits per heavy atom. The van der Waals surface area contributed by atoms with E-state index in [0.717, 1.165) is 24.9 Å². The van der Waals surface area contributed by atoms with Gasteiger partial charge in [0.25, 0.3) is 0 Å². The molecule has 0 bridgehead atoms. The van der Waals surface area contributed by atoms with E-state index >= 15 is 0 Å². The molecular weight excluding hydrogens is 346 g/mol. The predicted octanol–water partition coefficient (Wildman–Crippen LogP) is 4.57. The predicted molar refractivity (Wildman–Crippen MR) is 106 cm³/mol. The van der Waals surface area contributed by atoms with E-state index in [2.05, 4.69) is 34.4 Å². The van der Waals surface area contributed by atoms with Crippen LogP contribution >= 0.6 is 11.9 Å². The highest BCUT2D eigenvalue weighted by atomic mass is 32.2. The zero-order chi connectivity index (χ0) is 18.7. The number of pyridine rings is 1. The summed E-state index contributed by atoms with van der Waals surface area (Å²) in [6.45, 7) is 10.2. The number of rotatable bonds is 2. The second-order valence-electron chi connectivity index (χ2n) is 7.75. The minimum atomic E-state index is -0.457. The van der Waals surface area contributed by atoms with Gasteiger partial charge >= 0.3 is 6.09 Å². The smallest absolute Gasteiger partial charge is 0.410 e. The third-order valence-corrected chi connectivity index (χ3v) is 5.51. The van der Waals surface area contributed by atoms with Gasteiger partial charge in [-0.3, -0.25) is 4.98 Å². The second kappa shape index (κ2) is 7.84. The molecule has 0 aliphatic carbocycles. The molecule has 0 radical (unpaired) electrons. The van der Waals surface area contributed by atoms with Crippen LogP contribution in [0.2, 0.25) is 0 Å². The van der Waals surface area contributed by atoms with Crippen LogP contribution in [0.25, 0.3) is 10.8 Å². The van der Waals surface area contributed by atoms with Crippen molar-refractivity contribution in [3.05, 3.63) is 36.7 Å². The maximum Gasteiger partial charge on any atom is 0.410 e. The molecule has 1 amide bonds. The summed E-state index contributed by atoms with van der Waals surface area (Å²) in [6.07, 6.45) is 4.43. The van der Waals surface area contributed by atoms with E-state index in [1.54, 1.807) is 11.9 Å². The van der Waals surface area contributed by atoms with Crippen LogP contribution in [0.4, 0.5) is 4.79 Å². The van der Waals surface area contributed by atoms with E-state index in [1.807, 2.05) is 44.1 Å². The van der Waals surface area contributed by atoms with Crippen molar-refractivity contribution in [1.82, 2.24) is 14.2 Å². The normalized spacial score (nSPS) is 19.4. The third-order valence-electron chi connectivity index (χ3n) is 4.27. The summed E-state index contributed by atoms with van der Waals surface area (Å²) in [7, 11) is 0. The number of nitrogens with zero attached hydrogens (tertiary/aromatic N) is 3. The van der Waals surface area contributed by atoms with Crippen LogP contribution in [-0.2, 0) is 4.74 Å². The lowest BCUT2D eigenvalue weighted by Gasteiger charge is -2.29. The van der Waals surface area contributed by atoms with E-state index < -0.39 is 5.60 Å². The molecule has 0 spiro atoms. The van der Waals surface area contributed by atoms with E-state index in [9.17, 15) is 4.79 Å². The Morgan fingerprint density at radius 3 is 2.81 bits per heavy atom. The molecule has 140 valence electrons. The maximum absolute atomic E-state index is 12.4. The fourth-order valence-corrected chi connectivity index (χ4v) is 4.07. The van der Waals surface area contributed by atoms with Gasteiger partial charge in [-0.05, 0) is 69.6 Å². The number of carbonyl (C=O) groups is 1. The molecule has 6 heteroatoms. The van der Waals surface area contributed by atoms with E-state index in [-0.39, 0.29) is 12.1 Å². The Morgan fingerprint density at radius 2 is 2.04 bits per heavy atom. The summed E-state index contributed by atoms with van der Waals surface area (Å²) in [5.74, 6) is 0. The average molecular weight is 374 g/mol. The Bertz CT molecular complexity index is 775. The Kier molecular flexibility index (Phi) is 5.73. The molecule has 0 unspecified atom stereocenters. The monoisotopic (exact) mass is 373 g/mol. The highest BCUT2D eigenvalue weighted by molar-refractivity contribution is 7.97. The summed E-state index contributed by atoms with van der Waals surface area (Å²) >= 11 is 1.76. The molecule has 1 aromatic heterocycles. The van der Waals surface area contributed by atoms with Crippen LogP contribution in [0.3, 0.4) is 0 Å². The number of aromatic nitrogens is 1. The van der Waals surface area contributed by atoms with Crippen molar-refractivity contribution in [1.29, 1.82) is 0 Å². The van der Waals surface area contributed by atoms with Crippen molar-refractivity contribution in [2.24, 2.45) is 0 Å². The Hall–Kier alpha value is -1.79. The van der Waals surface area contributed by atoms with Crippen molar-refractivity contribution < 1.29 is 9.53 Å². The maximum atomic E-state index is 12.4. The van der Waals surface area contributed by atoms with Gasteiger partial charge in [-0.2, -0.15) is 0 Å². The number of amides is 1.